The van der Waals surface area contributed by atoms with E-state index in [0.29, 0.717) is 11.8 Å². The largest absolute Gasteiger partial charge is 0.351 e. The van der Waals surface area contributed by atoms with Crippen molar-refractivity contribution in [3.05, 3.63) is 35.4 Å². The van der Waals surface area contributed by atoms with Gasteiger partial charge in [0.1, 0.15) is 6.04 Å². The molecule has 0 saturated carbocycles. The number of primary amides is 1. The number of quaternary nitrogens is 1. The van der Waals surface area contributed by atoms with Crippen LogP contribution in [0.15, 0.2) is 24.3 Å². The van der Waals surface area contributed by atoms with E-state index >= 15 is 0 Å². The Labute approximate surface area is 139 Å². The van der Waals surface area contributed by atoms with Gasteiger partial charge in [0.25, 0.3) is 5.91 Å². The van der Waals surface area contributed by atoms with Crippen LogP contribution in [0.3, 0.4) is 0 Å². The van der Waals surface area contributed by atoms with Crippen LogP contribution in [-0.4, -0.2) is 18.0 Å². The van der Waals surface area contributed by atoms with Crippen molar-refractivity contribution in [3.8, 4) is 0 Å². The molecule has 0 aromatic heterocycles. The first-order valence-electron chi connectivity index (χ1n) is 8.31. The van der Waals surface area contributed by atoms with E-state index in [2.05, 4.69) is 57.3 Å². The first-order chi connectivity index (χ1) is 10.8. The molecule has 1 aromatic carbocycles. The van der Waals surface area contributed by atoms with Gasteiger partial charge in [0.05, 0.1) is 0 Å². The normalized spacial score (nSPS) is 15.0. The fourth-order valence-corrected chi connectivity index (χ4v) is 2.63. The monoisotopic (exact) mass is 320 g/mol. The lowest BCUT2D eigenvalue weighted by Crippen LogP contribution is -2.93. The molecule has 0 fully saturated rings. The maximum Gasteiger partial charge on any atom is 0.319 e. The molecule has 1 aromatic rings. The van der Waals surface area contributed by atoms with Crippen LogP contribution in [0.2, 0.25) is 0 Å². The fraction of sp³-hybridized carbons (Fsp3) is 0.556. The Hall–Kier alpha value is -1.88. The number of carbonyl (C=O) groups is 2. The highest BCUT2D eigenvalue weighted by atomic mass is 16.2. The zero-order valence-corrected chi connectivity index (χ0v) is 14.8. The molecule has 5 nitrogen and oxygen atoms in total. The molecule has 5 heteroatoms. The van der Waals surface area contributed by atoms with E-state index in [9.17, 15) is 9.59 Å². The summed E-state index contributed by atoms with van der Waals surface area (Å²) in [6.07, 6.45) is 1.11. The molecule has 3 amide bonds. The van der Waals surface area contributed by atoms with Gasteiger partial charge >= 0.3 is 6.03 Å². The van der Waals surface area contributed by atoms with Crippen LogP contribution in [0.1, 0.15) is 64.1 Å². The highest BCUT2D eigenvalue weighted by Gasteiger charge is 2.26. The third kappa shape index (κ3) is 5.67. The highest BCUT2D eigenvalue weighted by molar-refractivity contribution is 5.95. The van der Waals surface area contributed by atoms with E-state index in [4.69, 9.17) is 5.73 Å². The SMILES string of the molecule is CC[C@H](C)c1ccc([C@H]([NH2+][C@@H](C)C(=O)NC(N)=O)C(C)C)cc1. The van der Waals surface area contributed by atoms with Crippen LogP contribution in [0.25, 0.3) is 0 Å². The molecule has 3 atom stereocenters. The molecule has 0 bridgehead atoms. The first-order valence-corrected chi connectivity index (χ1v) is 8.31. The molecule has 128 valence electrons. The Balaban J connectivity index is 2.86. The lowest BCUT2D eigenvalue weighted by Gasteiger charge is -2.23. The van der Waals surface area contributed by atoms with Gasteiger partial charge in [-0.15, -0.1) is 0 Å². The maximum atomic E-state index is 11.9. The number of nitrogens with two attached hydrogens (primary N) is 2. The molecule has 0 heterocycles. The Bertz CT molecular complexity index is 526. The number of rotatable bonds is 7. The Kier molecular flexibility index (Phi) is 7.23. The lowest BCUT2D eigenvalue weighted by atomic mass is 9.91. The van der Waals surface area contributed by atoms with Crippen LogP contribution in [-0.2, 0) is 4.79 Å². The molecule has 0 aliphatic heterocycles. The molecule has 5 N–H and O–H groups in total. The number of imide groups is 1. The number of amides is 3. The van der Waals surface area contributed by atoms with Crippen molar-refractivity contribution < 1.29 is 14.9 Å². The van der Waals surface area contributed by atoms with Crippen molar-refractivity contribution >= 4 is 11.9 Å². The minimum Gasteiger partial charge on any atom is -0.351 e. The molecule has 0 aliphatic rings. The van der Waals surface area contributed by atoms with Gasteiger partial charge in [-0.25, -0.2) is 4.79 Å². The second-order valence-corrected chi connectivity index (χ2v) is 6.58. The molecular weight excluding hydrogens is 290 g/mol. The van der Waals surface area contributed by atoms with E-state index in [1.807, 2.05) is 5.32 Å². The summed E-state index contributed by atoms with van der Waals surface area (Å²) in [7, 11) is 0. The Morgan fingerprint density at radius 3 is 2.04 bits per heavy atom. The third-order valence-electron chi connectivity index (χ3n) is 4.38. The van der Waals surface area contributed by atoms with Crippen LogP contribution >= 0.6 is 0 Å². The molecule has 23 heavy (non-hydrogen) atoms. The standard InChI is InChI=1S/C18H29N3O2/c1-6-12(4)14-7-9-15(10-8-14)16(11(2)3)20-13(5)17(22)21-18(19)23/h7-13,16,20H,6H2,1-5H3,(H3,19,21,22,23)/p+1/t12-,13-,16+/m0/s1. The number of benzene rings is 1. The van der Waals surface area contributed by atoms with Crippen molar-refractivity contribution in [2.75, 3.05) is 0 Å². The molecule has 0 aliphatic carbocycles. The van der Waals surface area contributed by atoms with E-state index in [1.165, 1.54) is 11.1 Å². The smallest absolute Gasteiger partial charge is 0.319 e. The van der Waals surface area contributed by atoms with Crippen LogP contribution in [0.4, 0.5) is 4.79 Å². The number of urea groups is 1. The van der Waals surface area contributed by atoms with Gasteiger partial charge in [-0.3, -0.25) is 10.1 Å². The zero-order valence-electron chi connectivity index (χ0n) is 14.8. The van der Waals surface area contributed by atoms with E-state index in [0.717, 1.165) is 6.42 Å². The second kappa shape index (κ2) is 8.67. The van der Waals surface area contributed by atoms with Crippen molar-refractivity contribution in [2.24, 2.45) is 11.7 Å². The Morgan fingerprint density at radius 1 is 1.09 bits per heavy atom. The average Bonchev–Trinajstić information content (AvgIpc) is 2.50. The predicted octanol–water partition coefficient (Wildman–Crippen LogP) is 2.04. The topological polar surface area (TPSA) is 88.8 Å². The van der Waals surface area contributed by atoms with E-state index in [1.54, 1.807) is 6.92 Å². The van der Waals surface area contributed by atoms with Gasteiger partial charge in [0.2, 0.25) is 0 Å². The predicted molar refractivity (Wildman–Crippen MR) is 91.8 cm³/mol. The summed E-state index contributed by atoms with van der Waals surface area (Å²) in [6, 6.07) is 7.57. The molecule has 0 unspecified atom stereocenters. The quantitative estimate of drug-likeness (QED) is 0.718. The maximum absolute atomic E-state index is 11.9. The first kappa shape index (κ1) is 19.2. The summed E-state index contributed by atoms with van der Waals surface area (Å²) < 4.78 is 0. The molecule has 0 spiro atoms. The number of hydrogen-bond donors (Lipinski definition) is 3. The number of hydrogen-bond acceptors (Lipinski definition) is 2. The minimum absolute atomic E-state index is 0.148. The van der Waals surface area contributed by atoms with Crippen LogP contribution in [0, 0.1) is 5.92 Å². The average molecular weight is 320 g/mol. The summed E-state index contributed by atoms with van der Waals surface area (Å²) in [5.74, 6) is 0.540. The zero-order chi connectivity index (χ0) is 17.6. The summed E-state index contributed by atoms with van der Waals surface area (Å²) in [6.45, 7) is 10.4. The van der Waals surface area contributed by atoms with Gasteiger partial charge in [-0.05, 0) is 24.8 Å². The molecular formula is C18H30N3O2+. The van der Waals surface area contributed by atoms with Gasteiger partial charge < -0.3 is 11.1 Å². The Morgan fingerprint density at radius 2 is 1.61 bits per heavy atom. The van der Waals surface area contributed by atoms with E-state index < -0.39 is 6.03 Å². The van der Waals surface area contributed by atoms with Crippen molar-refractivity contribution in [1.82, 2.24) is 5.32 Å². The fourth-order valence-electron chi connectivity index (χ4n) is 2.63. The number of nitrogens with one attached hydrogen (secondary N) is 1. The second-order valence-electron chi connectivity index (χ2n) is 6.58. The minimum atomic E-state index is -0.811. The lowest BCUT2D eigenvalue weighted by molar-refractivity contribution is -0.719. The van der Waals surface area contributed by atoms with Gasteiger partial charge in [0, 0.05) is 11.5 Å². The van der Waals surface area contributed by atoms with Gasteiger partial charge in [-0.1, -0.05) is 52.0 Å². The van der Waals surface area contributed by atoms with Crippen molar-refractivity contribution in [1.29, 1.82) is 0 Å². The van der Waals surface area contributed by atoms with Crippen molar-refractivity contribution in [3.63, 3.8) is 0 Å². The van der Waals surface area contributed by atoms with E-state index in [-0.39, 0.29) is 18.0 Å². The summed E-state index contributed by atoms with van der Waals surface area (Å²) in [5.41, 5.74) is 7.52. The van der Waals surface area contributed by atoms with Gasteiger partial charge in [-0.2, -0.15) is 0 Å². The summed E-state index contributed by atoms with van der Waals surface area (Å²) in [5, 5.41) is 4.13. The third-order valence-corrected chi connectivity index (χ3v) is 4.38. The van der Waals surface area contributed by atoms with Gasteiger partial charge in [0.15, 0.2) is 6.04 Å². The van der Waals surface area contributed by atoms with Crippen LogP contribution < -0.4 is 16.4 Å². The highest BCUT2D eigenvalue weighted by Crippen LogP contribution is 2.23. The molecule has 1 rings (SSSR count). The molecule has 0 radical (unpaired) electrons. The van der Waals surface area contributed by atoms with Crippen LogP contribution in [0.5, 0.6) is 0 Å². The molecule has 0 saturated heterocycles. The number of carbonyl (C=O) groups excluding carboxylic acids is 2. The summed E-state index contributed by atoms with van der Waals surface area (Å²) >= 11 is 0. The van der Waals surface area contributed by atoms with Crippen molar-refractivity contribution in [2.45, 2.75) is 59.0 Å². The summed E-state index contributed by atoms with van der Waals surface area (Å²) in [4.78, 5) is 22.7.